The number of hydrogen-bond donors (Lipinski definition) is 1. The van der Waals surface area contributed by atoms with Gasteiger partial charge >= 0.3 is 0 Å². The van der Waals surface area contributed by atoms with Gasteiger partial charge in [0.1, 0.15) is 0 Å². The third kappa shape index (κ3) is 4.73. The minimum Gasteiger partial charge on any atom is -0.374 e. The second kappa shape index (κ2) is 11.1. The Bertz CT molecular complexity index is 2020. The average Bonchev–Trinajstić information content (AvgIpc) is 3.12. The molecule has 6 aromatic carbocycles. The van der Waals surface area contributed by atoms with Gasteiger partial charge in [0.2, 0.25) is 0 Å². The van der Waals surface area contributed by atoms with E-state index in [1.807, 2.05) is 60.7 Å². The van der Waals surface area contributed by atoms with Gasteiger partial charge in [0.05, 0.1) is 6.04 Å². The molecule has 4 nitrogen and oxygen atoms in total. The molecule has 0 spiro atoms. The first-order valence-electron chi connectivity index (χ1n) is 14.8. The molecule has 8 rings (SSSR count). The van der Waals surface area contributed by atoms with Gasteiger partial charge in [-0.3, -0.25) is 0 Å². The van der Waals surface area contributed by atoms with Gasteiger partial charge in [0, 0.05) is 27.9 Å². The fraction of sp³-hybridized carbons (Fsp3) is 0.0250. The minimum atomic E-state index is -0.00395. The summed E-state index contributed by atoms with van der Waals surface area (Å²) in [6.07, 6.45) is 0. The van der Waals surface area contributed by atoms with Crippen molar-refractivity contribution in [2.75, 3.05) is 5.32 Å². The van der Waals surface area contributed by atoms with Crippen LogP contribution in [0.25, 0.3) is 56.4 Å². The van der Waals surface area contributed by atoms with Crippen molar-refractivity contribution >= 4 is 5.69 Å². The third-order valence-electron chi connectivity index (χ3n) is 8.17. The predicted molar refractivity (Wildman–Crippen MR) is 179 cm³/mol. The number of aromatic nitrogens is 3. The van der Waals surface area contributed by atoms with E-state index < -0.39 is 0 Å². The molecule has 1 atom stereocenters. The molecular formula is C40H28N4. The quantitative estimate of drug-likeness (QED) is 0.226. The zero-order chi connectivity index (χ0) is 29.3. The molecule has 0 radical (unpaired) electrons. The number of nitrogens with zero attached hydrogens (tertiary/aromatic N) is 3. The number of hydrogen-bond acceptors (Lipinski definition) is 4. The van der Waals surface area contributed by atoms with E-state index in [1.54, 1.807) is 0 Å². The Morgan fingerprint density at radius 3 is 1.52 bits per heavy atom. The first-order chi connectivity index (χ1) is 21.8. The van der Waals surface area contributed by atoms with E-state index >= 15 is 0 Å². The lowest BCUT2D eigenvalue weighted by atomic mass is 9.82. The van der Waals surface area contributed by atoms with Crippen molar-refractivity contribution < 1.29 is 0 Å². The van der Waals surface area contributed by atoms with Crippen molar-refractivity contribution in [1.82, 2.24) is 15.0 Å². The maximum atomic E-state index is 4.98. The maximum Gasteiger partial charge on any atom is 0.164 e. The molecule has 1 aliphatic rings. The highest BCUT2D eigenvalue weighted by Crippen LogP contribution is 2.48. The van der Waals surface area contributed by atoms with Crippen LogP contribution >= 0.6 is 0 Å². The van der Waals surface area contributed by atoms with Gasteiger partial charge in [0.25, 0.3) is 0 Å². The Hall–Kier alpha value is -5.87. The lowest BCUT2D eigenvalue weighted by Crippen LogP contribution is -2.18. The van der Waals surface area contributed by atoms with E-state index in [0.717, 1.165) is 27.9 Å². The molecule has 208 valence electrons. The van der Waals surface area contributed by atoms with Crippen LogP contribution in [0.4, 0.5) is 5.69 Å². The number of benzene rings is 6. The van der Waals surface area contributed by atoms with Crippen LogP contribution in [0.1, 0.15) is 17.2 Å². The van der Waals surface area contributed by atoms with E-state index in [9.17, 15) is 0 Å². The Morgan fingerprint density at radius 1 is 0.409 bits per heavy atom. The molecule has 0 amide bonds. The summed E-state index contributed by atoms with van der Waals surface area (Å²) in [5.41, 5.74) is 11.2. The number of nitrogens with one attached hydrogen (secondary N) is 1. The molecule has 7 aromatic rings. The molecule has 4 heteroatoms. The second-order valence-electron chi connectivity index (χ2n) is 10.9. The smallest absolute Gasteiger partial charge is 0.164 e. The zero-order valence-corrected chi connectivity index (χ0v) is 23.9. The fourth-order valence-corrected chi connectivity index (χ4v) is 6.07. The van der Waals surface area contributed by atoms with E-state index in [2.05, 4.69) is 102 Å². The summed E-state index contributed by atoms with van der Waals surface area (Å²) in [5, 5.41) is 3.88. The molecule has 0 saturated carbocycles. The van der Waals surface area contributed by atoms with E-state index in [1.165, 1.54) is 27.8 Å². The number of anilines is 1. The first-order valence-corrected chi connectivity index (χ1v) is 14.8. The average molecular weight is 565 g/mol. The highest BCUT2D eigenvalue weighted by Gasteiger charge is 2.28. The summed E-state index contributed by atoms with van der Waals surface area (Å²) >= 11 is 0. The van der Waals surface area contributed by atoms with Gasteiger partial charge in [-0.05, 0) is 33.9 Å². The summed E-state index contributed by atoms with van der Waals surface area (Å²) < 4.78 is 0. The van der Waals surface area contributed by atoms with Crippen molar-refractivity contribution in [1.29, 1.82) is 0 Å². The largest absolute Gasteiger partial charge is 0.374 e. The van der Waals surface area contributed by atoms with E-state index in [0.29, 0.717) is 17.5 Å². The molecule has 1 N–H and O–H groups in total. The maximum absolute atomic E-state index is 4.98. The summed E-state index contributed by atoms with van der Waals surface area (Å²) in [6, 6.07) is 54.6. The first kappa shape index (κ1) is 25.8. The predicted octanol–water partition coefficient (Wildman–Crippen LogP) is 9.72. The highest BCUT2D eigenvalue weighted by molar-refractivity contribution is 5.95. The lowest BCUT2D eigenvalue weighted by Gasteiger charge is -2.32. The standard InChI is InChI=1S/C40H28N4/c1-5-14-27(15-6-1)32-22-13-23-34-36(32)33-25-24-31(26-35(33)41-37(34)28-16-7-2-8-17-28)40-43-38(29-18-9-3-10-19-29)42-39(44-40)30-20-11-4-12-21-30/h1-26,37,41H. The van der Waals surface area contributed by atoms with Crippen LogP contribution in [-0.4, -0.2) is 15.0 Å². The molecular weight excluding hydrogens is 536 g/mol. The van der Waals surface area contributed by atoms with Crippen molar-refractivity contribution in [3.63, 3.8) is 0 Å². The van der Waals surface area contributed by atoms with E-state index in [-0.39, 0.29) is 6.04 Å². The SMILES string of the molecule is c1ccc(-c2nc(-c3ccccc3)nc(-c3ccc4c(c3)NC(c3ccccc3)c3cccc(-c5ccccc5)c3-4)n2)cc1. The molecule has 2 heterocycles. The summed E-state index contributed by atoms with van der Waals surface area (Å²) in [7, 11) is 0. The molecule has 1 aromatic heterocycles. The molecule has 0 fully saturated rings. The molecule has 0 bridgehead atoms. The van der Waals surface area contributed by atoms with Crippen molar-refractivity contribution in [2.45, 2.75) is 6.04 Å². The van der Waals surface area contributed by atoms with Crippen LogP contribution in [0.2, 0.25) is 0 Å². The Labute approximate surface area is 256 Å². The molecule has 1 aliphatic heterocycles. The topological polar surface area (TPSA) is 50.7 Å². The van der Waals surface area contributed by atoms with Gasteiger partial charge in [0.15, 0.2) is 17.5 Å². The normalized spacial score (nSPS) is 13.4. The summed E-state index contributed by atoms with van der Waals surface area (Å²) in [4.78, 5) is 14.8. The van der Waals surface area contributed by atoms with Crippen LogP contribution in [0, 0.1) is 0 Å². The molecule has 44 heavy (non-hydrogen) atoms. The van der Waals surface area contributed by atoms with Crippen molar-refractivity contribution in [3.8, 4) is 56.4 Å². The van der Waals surface area contributed by atoms with Crippen LogP contribution in [0.5, 0.6) is 0 Å². The van der Waals surface area contributed by atoms with Crippen LogP contribution in [0.3, 0.4) is 0 Å². The van der Waals surface area contributed by atoms with E-state index in [4.69, 9.17) is 15.0 Å². The Morgan fingerprint density at radius 2 is 0.932 bits per heavy atom. The summed E-state index contributed by atoms with van der Waals surface area (Å²) in [6.45, 7) is 0. The minimum absolute atomic E-state index is 0.00395. The van der Waals surface area contributed by atoms with Gasteiger partial charge in [-0.15, -0.1) is 0 Å². The van der Waals surface area contributed by atoms with Crippen LogP contribution in [-0.2, 0) is 0 Å². The lowest BCUT2D eigenvalue weighted by molar-refractivity contribution is 0.930. The highest BCUT2D eigenvalue weighted by atomic mass is 15.0. The summed E-state index contributed by atoms with van der Waals surface area (Å²) in [5.74, 6) is 1.94. The van der Waals surface area contributed by atoms with Gasteiger partial charge in [-0.25, -0.2) is 15.0 Å². The van der Waals surface area contributed by atoms with Crippen molar-refractivity contribution in [2.24, 2.45) is 0 Å². The molecule has 0 aliphatic carbocycles. The fourth-order valence-electron chi connectivity index (χ4n) is 6.07. The second-order valence-corrected chi connectivity index (χ2v) is 10.9. The van der Waals surface area contributed by atoms with Gasteiger partial charge < -0.3 is 5.32 Å². The van der Waals surface area contributed by atoms with Crippen LogP contribution < -0.4 is 5.32 Å². The monoisotopic (exact) mass is 564 g/mol. The molecule has 0 saturated heterocycles. The van der Waals surface area contributed by atoms with Gasteiger partial charge in [-0.1, -0.05) is 152 Å². The molecule has 1 unspecified atom stereocenters. The third-order valence-corrected chi connectivity index (χ3v) is 8.17. The van der Waals surface area contributed by atoms with Crippen LogP contribution in [0.15, 0.2) is 158 Å². The van der Waals surface area contributed by atoms with Gasteiger partial charge in [-0.2, -0.15) is 0 Å². The Kier molecular flexibility index (Phi) is 6.50. The Balaban J connectivity index is 1.32. The van der Waals surface area contributed by atoms with Crippen molar-refractivity contribution in [3.05, 3.63) is 169 Å². The number of rotatable bonds is 5. The number of fused-ring (bicyclic) bond motifs is 3. The zero-order valence-electron chi connectivity index (χ0n) is 23.9.